The third-order valence-electron chi connectivity index (χ3n) is 3.18. The van der Waals surface area contributed by atoms with Gasteiger partial charge in [-0.3, -0.25) is 0 Å². The third kappa shape index (κ3) is 3.32. The second-order valence-corrected chi connectivity index (χ2v) is 7.46. The van der Waals surface area contributed by atoms with Crippen LogP contribution in [0.4, 0.5) is 0 Å². The van der Waals surface area contributed by atoms with E-state index in [-0.39, 0.29) is 24.7 Å². The van der Waals surface area contributed by atoms with Gasteiger partial charge in [0.05, 0.1) is 13.2 Å². The highest BCUT2D eigenvalue weighted by Crippen LogP contribution is 2.36. The zero-order valence-corrected chi connectivity index (χ0v) is 12.7. The maximum atomic E-state index is 12.0. The number of hydrogen-bond acceptors (Lipinski definition) is 5. The summed E-state index contributed by atoms with van der Waals surface area (Å²) < 4.78 is 35.2. The van der Waals surface area contributed by atoms with Crippen molar-refractivity contribution in [3.63, 3.8) is 0 Å². The third-order valence-corrected chi connectivity index (χ3v) is 5.11. The largest absolute Gasteiger partial charge is 0.394 e. The van der Waals surface area contributed by atoms with Crippen LogP contribution in [0.5, 0.6) is 0 Å². The number of aliphatic hydroxyl groups excluding tert-OH is 1. The Kier molecular flexibility index (Phi) is 4.71. The van der Waals surface area contributed by atoms with Crippen LogP contribution < -0.4 is 0 Å². The monoisotopic (exact) mass is 320 g/mol. The van der Waals surface area contributed by atoms with Gasteiger partial charge < -0.3 is 14.6 Å². The van der Waals surface area contributed by atoms with Crippen molar-refractivity contribution in [2.24, 2.45) is 0 Å². The van der Waals surface area contributed by atoms with Crippen LogP contribution in [0.15, 0.2) is 24.3 Å². The van der Waals surface area contributed by atoms with Gasteiger partial charge in [0.2, 0.25) is 5.79 Å². The number of benzene rings is 1. The average molecular weight is 321 g/mol. The van der Waals surface area contributed by atoms with Crippen molar-refractivity contribution in [1.82, 2.24) is 0 Å². The van der Waals surface area contributed by atoms with Gasteiger partial charge in [-0.2, -0.15) is 0 Å². The van der Waals surface area contributed by atoms with Crippen LogP contribution in [0.25, 0.3) is 0 Å². The quantitative estimate of drug-likeness (QED) is 0.886. The molecule has 0 bridgehead atoms. The minimum absolute atomic E-state index is 0.00811. The molecule has 1 aliphatic heterocycles. The van der Waals surface area contributed by atoms with Gasteiger partial charge in [0, 0.05) is 16.3 Å². The minimum atomic E-state index is -3.33. The molecular weight excluding hydrogens is 304 g/mol. The Bertz CT molecular complexity index is 574. The van der Waals surface area contributed by atoms with E-state index in [0.717, 1.165) is 0 Å². The fourth-order valence-corrected chi connectivity index (χ4v) is 3.37. The average Bonchev–Trinajstić information content (AvgIpc) is 2.83. The van der Waals surface area contributed by atoms with Crippen molar-refractivity contribution in [3.05, 3.63) is 34.9 Å². The van der Waals surface area contributed by atoms with Crippen molar-refractivity contribution >= 4 is 21.4 Å². The summed E-state index contributed by atoms with van der Waals surface area (Å²) in [5, 5.41) is 9.64. The molecule has 5 nitrogen and oxygen atoms in total. The van der Waals surface area contributed by atoms with Crippen molar-refractivity contribution in [3.8, 4) is 0 Å². The van der Waals surface area contributed by atoms with Gasteiger partial charge in [-0.05, 0) is 12.1 Å². The summed E-state index contributed by atoms with van der Waals surface area (Å²) >= 11 is 5.95. The first-order valence-corrected chi connectivity index (χ1v) is 8.50. The molecule has 0 unspecified atom stereocenters. The fraction of sp³-hybridized carbons (Fsp3) is 0.538. The van der Waals surface area contributed by atoms with Crippen molar-refractivity contribution < 1.29 is 23.0 Å². The highest BCUT2D eigenvalue weighted by Gasteiger charge is 2.46. The molecule has 1 heterocycles. The Hall–Kier alpha value is -0.660. The van der Waals surface area contributed by atoms with E-state index >= 15 is 0 Å². The Balaban J connectivity index is 2.40. The smallest absolute Gasteiger partial charge is 0.209 e. The van der Waals surface area contributed by atoms with E-state index in [9.17, 15) is 13.5 Å². The number of sulfone groups is 1. The van der Waals surface area contributed by atoms with Gasteiger partial charge in [-0.25, -0.2) is 8.42 Å². The van der Waals surface area contributed by atoms with Crippen LogP contribution in [0.3, 0.4) is 0 Å². The van der Waals surface area contributed by atoms with Crippen molar-refractivity contribution in [1.29, 1.82) is 0 Å². The summed E-state index contributed by atoms with van der Waals surface area (Å²) in [6.07, 6.45) is -0.541. The molecule has 7 heteroatoms. The first-order valence-electron chi connectivity index (χ1n) is 6.30. The molecule has 112 valence electrons. The van der Waals surface area contributed by atoms with Crippen molar-refractivity contribution in [2.75, 3.05) is 24.7 Å². The highest BCUT2D eigenvalue weighted by molar-refractivity contribution is 7.91. The van der Waals surface area contributed by atoms with E-state index < -0.39 is 21.7 Å². The Morgan fingerprint density at radius 3 is 2.80 bits per heavy atom. The fourth-order valence-electron chi connectivity index (χ4n) is 2.08. The first kappa shape index (κ1) is 15.7. The molecule has 20 heavy (non-hydrogen) atoms. The molecule has 0 amide bonds. The van der Waals surface area contributed by atoms with E-state index in [4.69, 9.17) is 21.1 Å². The van der Waals surface area contributed by atoms with Gasteiger partial charge in [0.1, 0.15) is 11.9 Å². The Labute approximate surface area is 123 Å². The molecule has 0 saturated carbocycles. The number of rotatable bonds is 5. The highest BCUT2D eigenvalue weighted by atomic mass is 35.5. The van der Waals surface area contributed by atoms with E-state index in [1.807, 2.05) is 0 Å². The van der Waals surface area contributed by atoms with Crippen LogP contribution in [0.2, 0.25) is 5.02 Å². The summed E-state index contributed by atoms with van der Waals surface area (Å²) in [6, 6.07) is 6.71. The van der Waals surface area contributed by atoms with E-state index in [0.29, 0.717) is 10.6 Å². The number of halogens is 1. The normalized spacial score (nSPS) is 26.9. The predicted octanol–water partition coefficient (Wildman–Crippen LogP) is 1.34. The number of ether oxygens (including phenoxy) is 2. The number of hydrogen-bond donors (Lipinski definition) is 1. The maximum Gasteiger partial charge on any atom is 0.209 e. The van der Waals surface area contributed by atoms with Gasteiger partial charge in [0.15, 0.2) is 9.84 Å². The maximum absolute atomic E-state index is 12.0. The van der Waals surface area contributed by atoms with Crippen LogP contribution >= 0.6 is 11.6 Å². The van der Waals surface area contributed by atoms with Gasteiger partial charge in [0.25, 0.3) is 0 Å². The lowest BCUT2D eigenvalue weighted by molar-refractivity contribution is -0.162. The van der Waals surface area contributed by atoms with Gasteiger partial charge >= 0.3 is 0 Å². The molecule has 0 aromatic heterocycles. The molecule has 1 fully saturated rings. The first-order chi connectivity index (χ1) is 9.41. The molecule has 1 aliphatic rings. The Morgan fingerprint density at radius 1 is 1.50 bits per heavy atom. The molecule has 0 aliphatic carbocycles. The summed E-state index contributed by atoms with van der Waals surface area (Å²) in [7, 11) is -3.33. The van der Waals surface area contributed by atoms with E-state index in [1.165, 1.54) is 0 Å². The zero-order chi connectivity index (χ0) is 14.8. The van der Waals surface area contributed by atoms with Crippen LogP contribution in [-0.2, 0) is 25.1 Å². The van der Waals surface area contributed by atoms with Crippen LogP contribution in [-0.4, -0.2) is 44.3 Å². The molecule has 1 aromatic rings. The standard InChI is InChI=1S/C13H17ClO5S/c1-2-20(16,17)9-13(18-8-12(7-15)19-13)10-4-3-5-11(14)6-10/h3-6,12,15H,2,7-9H2,1H3/t12-,13+/m0/s1. The van der Waals surface area contributed by atoms with Gasteiger partial charge in [-0.1, -0.05) is 30.7 Å². The molecule has 1 aromatic carbocycles. The van der Waals surface area contributed by atoms with E-state index in [2.05, 4.69) is 0 Å². The SMILES string of the molecule is CCS(=O)(=O)C[C@@]1(c2cccc(Cl)c2)OC[C@H](CO)O1. The van der Waals surface area contributed by atoms with Gasteiger partial charge in [-0.15, -0.1) is 0 Å². The summed E-state index contributed by atoms with van der Waals surface area (Å²) in [5.74, 6) is -1.70. The second-order valence-electron chi connectivity index (χ2n) is 4.67. The molecule has 1 N–H and O–H groups in total. The summed E-state index contributed by atoms with van der Waals surface area (Å²) in [4.78, 5) is 0. The topological polar surface area (TPSA) is 72.8 Å². The minimum Gasteiger partial charge on any atom is -0.394 e. The zero-order valence-electron chi connectivity index (χ0n) is 11.1. The summed E-state index contributed by atoms with van der Waals surface area (Å²) in [5.41, 5.74) is 0.540. The molecule has 2 atom stereocenters. The lowest BCUT2D eigenvalue weighted by Crippen LogP contribution is -2.37. The second kappa shape index (κ2) is 5.99. The van der Waals surface area contributed by atoms with Crippen LogP contribution in [0, 0.1) is 0 Å². The molecule has 0 spiro atoms. The predicted molar refractivity (Wildman–Crippen MR) is 75.4 cm³/mol. The molecular formula is C13H17ClO5S. The van der Waals surface area contributed by atoms with E-state index in [1.54, 1.807) is 31.2 Å². The van der Waals surface area contributed by atoms with Crippen molar-refractivity contribution in [2.45, 2.75) is 18.8 Å². The summed E-state index contributed by atoms with van der Waals surface area (Å²) in [6.45, 7) is 1.48. The van der Waals surface area contributed by atoms with Crippen LogP contribution in [0.1, 0.15) is 12.5 Å². The molecule has 2 rings (SSSR count). The lowest BCUT2D eigenvalue weighted by atomic mass is 10.1. The molecule has 1 saturated heterocycles. The molecule has 0 radical (unpaired) electrons. The number of aliphatic hydroxyl groups is 1. The lowest BCUT2D eigenvalue weighted by Gasteiger charge is -2.28. The Morgan fingerprint density at radius 2 is 2.25 bits per heavy atom.